The molecule has 3 nitrogen and oxygen atoms in total. The zero-order valence-corrected chi connectivity index (χ0v) is 11.5. The van der Waals surface area contributed by atoms with Crippen LogP contribution in [-0.4, -0.2) is 18.9 Å². The zero-order chi connectivity index (χ0) is 13.1. The Kier molecular flexibility index (Phi) is 4.12. The Hall–Kier alpha value is -1.22. The summed E-state index contributed by atoms with van der Waals surface area (Å²) in [5.74, 6) is 0.825. The van der Waals surface area contributed by atoms with Crippen molar-refractivity contribution in [3.05, 3.63) is 28.8 Å². The second kappa shape index (κ2) is 5.61. The van der Waals surface area contributed by atoms with Crippen molar-refractivity contribution in [1.29, 1.82) is 5.41 Å². The van der Waals surface area contributed by atoms with Crippen molar-refractivity contribution < 1.29 is 0 Å². The molecule has 0 aromatic heterocycles. The minimum atomic E-state index is 0.0441. The van der Waals surface area contributed by atoms with Gasteiger partial charge in [0.15, 0.2) is 0 Å². The first-order valence-electron chi connectivity index (χ1n) is 6.51. The third kappa shape index (κ3) is 2.61. The monoisotopic (exact) mass is 265 g/mol. The van der Waals surface area contributed by atoms with Crippen LogP contribution in [0.15, 0.2) is 18.2 Å². The first-order chi connectivity index (χ1) is 8.63. The number of benzene rings is 1. The summed E-state index contributed by atoms with van der Waals surface area (Å²) in [4.78, 5) is 2.28. The average Bonchev–Trinajstić information content (AvgIpc) is 2.27. The van der Waals surface area contributed by atoms with Crippen LogP contribution < -0.4 is 10.6 Å². The second-order valence-corrected chi connectivity index (χ2v) is 5.29. The van der Waals surface area contributed by atoms with Crippen molar-refractivity contribution in [2.75, 3.05) is 18.0 Å². The molecule has 1 aromatic carbocycles. The molecular formula is C14H20ClN3. The lowest BCUT2D eigenvalue weighted by Crippen LogP contribution is -2.34. The number of nitrogens with zero attached hydrogens (tertiary/aromatic N) is 1. The number of anilines is 1. The highest BCUT2D eigenvalue weighted by molar-refractivity contribution is 6.34. The number of rotatable bonds is 5. The lowest BCUT2D eigenvalue weighted by molar-refractivity contribution is 0.318. The molecule has 18 heavy (non-hydrogen) atoms. The van der Waals surface area contributed by atoms with Crippen LogP contribution in [0.2, 0.25) is 5.02 Å². The molecule has 0 atom stereocenters. The number of hydrogen-bond acceptors (Lipinski definition) is 2. The molecule has 1 aromatic rings. The smallest absolute Gasteiger partial charge is 0.126 e. The Morgan fingerprint density at radius 3 is 2.72 bits per heavy atom. The van der Waals surface area contributed by atoms with E-state index in [9.17, 15) is 0 Å². The highest BCUT2D eigenvalue weighted by Crippen LogP contribution is 2.32. The van der Waals surface area contributed by atoms with Gasteiger partial charge in [0.2, 0.25) is 0 Å². The van der Waals surface area contributed by atoms with Gasteiger partial charge in [0, 0.05) is 18.8 Å². The minimum absolute atomic E-state index is 0.0441. The molecule has 1 aliphatic carbocycles. The van der Waals surface area contributed by atoms with Gasteiger partial charge in [-0.25, -0.2) is 0 Å². The van der Waals surface area contributed by atoms with Crippen LogP contribution in [0, 0.1) is 11.3 Å². The van der Waals surface area contributed by atoms with E-state index < -0.39 is 0 Å². The average molecular weight is 266 g/mol. The summed E-state index contributed by atoms with van der Waals surface area (Å²) in [6.07, 6.45) is 3.97. The third-order valence-corrected chi connectivity index (χ3v) is 4.00. The fourth-order valence-corrected chi connectivity index (χ4v) is 2.70. The van der Waals surface area contributed by atoms with Crippen LogP contribution in [0.3, 0.4) is 0 Å². The quantitative estimate of drug-likeness (QED) is 0.634. The normalized spacial score (nSPS) is 15.2. The molecule has 1 aliphatic rings. The Morgan fingerprint density at radius 1 is 1.50 bits per heavy atom. The molecule has 0 unspecified atom stereocenters. The molecule has 1 saturated carbocycles. The summed E-state index contributed by atoms with van der Waals surface area (Å²) in [5, 5.41) is 8.26. The summed E-state index contributed by atoms with van der Waals surface area (Å²) >= 11 is 6.16. The molecule has 0 heterocycles. The molecule has 3 N–H and O–H groups in total. The summed E-state index contributed by atoms with van der Waals surface area (Å²) in [6.45, 7) is 4.08. The van der Waals surface area contributed by atoms with Crippen molar-refractivity contribution in [2.24, 2.45) is 11.7 Å². The van der Waals surface area contributed by atoms with Crippen molar-refractivity contribution in [3.8, 4) is 0 Å². The Bertz CT molecular complexity index is 441. The number of nitrogen functional groups attached to an aromatic ring is 1. The largest absolute Gasteiger partial charge is 0.384 e. The minimum Gasteiger partial charge on any atom is -0.384 e. The molecule has 0 bridgehead atoms. The van der Waals surface area contributed by atoms with E-state index in [4.69, 9.17) is 22.7 Å². The van der Waals surface area contributed by atoms with Gasteiger partial charge in [-0.1, -0.05) is 24.1 Å². The van der Waals surface area contributed by atoms with Gasteiger partial charge < -0.3 is 10.6 Å². The van der Waals surface area contributed by atoms with E-state index in [0.717, 1.165) is 24.7 Å². The topological polar surface area (TPSA) is 53.1 Å². The molecule has 0 spiro atoms. The number of nitrogens with two attached hydrogens (primary N) is 1. The van der Waals surface area contributed by atoms with E-state index in [1.165, 1.54) is 19.3 Å². The van der Waals surface area contributed by atoms with Crippen LogP contribution in [0.5, 0.6) is 0 Å². The first kappa shape index (κ1) is 13.2. The number of halogens is 1. The lowest BCUT2D eigenvalue weighted by Gasteiger charge is -2.34. The maximum atomic E-state index is 7.69. The predicted octanol–water partition coefficient (Wildman–Crippen LogP) is 3.25. The standard InChI is InChI=1S/C14H20ClN3/c1-2-18(9-10-5-3-6-10)12-8-4-7-11(15)13(12)14(16)17/h4,7-8,10H,2-3,5-6,9H2,1H3,(H3,16,17). The van der Waals surface area contributed by atoms with Gasteiger partial charge in [-0.2, -0.15) is 0 Å². The van der Waals surface area contributed by atoms with Gasteiger partial charge in [0.05, 0.1) is 10.6 Å². The van der Waals surface area contributed by atoms with Gasteiger partial charge >= 0.3 is 0 Å². The molecule has 1 fully saturated rings. The van der Waals surface area contributed by atoms with Gasteiger partial charge in [-0.15, -0.1) is 0 Å². The molecule has 98 valence electrons. The SMILES string of the molecule is CCN(CC1CCC1)c1cccc(Cl)c1C(=N)N. The second-order valence-electron chi connectivity index (χ2n) is 4.88. The van der Waals surface area contributed by atoms with Gasteiger partial charge in [0.1, 0.15) is 5.84 Å². The highest BCUT2D eigenvalue weighted by atomic mass is 35.5. The molecule has 4 heteroatoms. The summed E-state index contributed by atoms with van der Waals surface area (Å²) in [5.41, 5.74) is 7.31. The molecule has 0 amide bonds. The zero-order valence-electron chi connectivity index (χ0n) is 10.7. The molecule has 0 aliphatic heterocycles. The van der Waals surface area contributed by atoms with Crippen LogP contribution in [0.4, 0.5) is 5.69 Å². The predicted molar refractivity (Wildman–Crippen MR) is 77.7 cm³/mol. The maximum Gasteiger partial charge on any atom is 0.126 e. The fourth-order valence-electron chi connectivity index (χ4n) is 2.43. The van der Waals surface area contributed by atoms with E-state index in [2.05, 4.69) is 11.8 Å². The summed E-state index contributed by atoms with van der Waals surface area (Å²) in [7, 11) is 0. The van der Waals surface area contributed by atoms with Crippen molar-refractivity contribution >= 4 is 23.1 Å². The van der Waals surface area contributed by atoms with E-state index >= 15 is 0 Å². The van der Waals surface area contributed by atoms with Crippen molar-refractivity contribution in [3.63, 3.8) is 0 Å². The van der Waals surface area contributed by atoms with E-state index in [-0.39, 0.29) is 5.84 Å². The van der Waals surface area contributed by atoms with Crippen LogP contribution in [0.25, 0.3) is 0 Å². The Morgan fingerprint density at radius 2 is 2.22 bits per heavy atom. The lowest BCUT2D eigenvalue weighted by atomic mass is 9.85. The third-order valence-electron chi connectivity index (χ3n) is 3.69. The van der Waals surface area contributed by atoms with Crippen molar-refractivity contribution in [2.45, 2.75) is 26.2 Å². The summed E-state index contributed by atoms with van der Waals surface area (Å²) in [6, 6.07) is 5.72. The number of amidine groups is 1. The first-order valence-corrected chi connectivity index (χ1v) is 6.89. The van der Waals surface area contributed by atoms with Gasteiger partial charge in [-0.3, -0.25) is 5.41 Å². The Balaban J connectivity index is 2.28. The maximum absolute atomic E-state index is 7.69. The fraction of sp³-hybridized carbons (Fsp3) is 0.500. The van der Waals surface area contributed by atoms with Crippen LogP contribution in [0.1, 0.15) is 31.7 Å². The van der Waals surface area contributed by atoms with Gasteiger partial charge in [-0.05, 0) is 37.8 Å². The number of hydrogen-bond donors (Lipinski definition) is 2. The highest BCUT2D eigenvalue weighted by Gasteiger charge is 2.22. The van der Waals surface area contributed by atoms with Crippen LogP contribution in [-0.2, 0) is 0 Å². The van der Waals surface area contributed by atoms with Crippen LogP contribution >= 0.6 is 11.6 Å². The molecular weight excluding hydrogens is 246 g/mol. The molecule has 0 saturated heterocycles. The van der Waals surface area contributed by atoms with E-state index in [1.807, 2.05) is 12.1 Å². The van der Waals surface area contributed by atoms with E-state index in [0.29, 0.717) is 10.6 Å². The number of nitrogens with one attached hydrogen (secondary N) is 1. The van der Waals surface area contributed by atoms with Crippen molar-refractivity contribution in [1.82, 2.24) is 0 Å². The van der Waals surface area contributed by atoms with E-state index in [1.54, 1.807) is 6.07 Å². The molecule has 0 radical (unpaired) electrons. The van der Waals surface area contributed by atoms with Gasteiger partial charge in [0.25, 0.3) is 0 Å². The Labute approximate surface area is 113 Å². The molecule has 2 rings (SSSR count). The summed E-state index contributed by atoms with van der Waals surface area (Å²) < 4.78 is 0.